The SMILES string of the molecule is O=C(C(c1ccccc1)n1cccn1)N1CCN(c2ccc(C(F)(F)F)cc2[N+](=O)[O-])CC1. The van der Waals surface area contributed by atoms with E-state index in [0.717, 1.165) is 17.7 Å². The van der Waals surface area contributed by atoms with Crippen LogP contribution in [0.5, 0.6) is 0 Å². The van der Waals surface area contributed by atoms with Crippen LogP contribution in [0.1, 0.15) is 17.2 Å². The summed E-state index contributed by atoms with van der Waals surface area (Å²) in [5, 5.41) is 15.7. The van der Waals surface area contributed by atoms with Gasteiger partial charge in [0.05, 0.1) is 10.5 Å². The molecule has 2 heterocycles. The van der Waals surface area contributed by atoms with E-state index in [9.17, 15) is 28.1 Å². The number of amides is 1. The molecule has 2 aromatic carbocycles. The number of nitrogens with zero attached hydrogens (tertiary/aromatic N) is 5. The van der Waals surface area contributed by atoms with E-state index in [1.807, 2.05) is 30.3 Å². The predicted octanol–water partition coefficient (Wildman–Crippen LogP) is 3.75. The van der Waals surface area contributed by atoms with E-state index in [1.54, 1.807) is 32.9 Å². The highest BCUT2D eigenvalue weighted by Gasteiger charge is 2.35. The lowest BCUT2D eigenvalue weighted by Crippen LogP contribution is -2.51. The van der Waals surface area contributed by atoms with Crippen LogP contribution in [0, 0.1) is 10.1 Å². The number of nitro benzene ring substituents is 1. The highest BCUT2D eigenvalue weighted by Crippen LogP contribution is 2.37. The first kappa shape index (κ1) is 22.3. The number of aromatic nitrogens is 2. The third kappa shape index (κ3) is 4.66. The van der Waals surface area contributed by atoms with Crippen LogP contribution in [0.3, 0.4) is 0 Å². The Morgan fingerprint density at radius 3 is 2.30 bits per heavy atom. The lowest BCUT2D eigenvalue weighted by Gasteiger charge is -2.37. The molecule has 1 aromatic heterocycles. The largest absolute Gasteiger partial charge is 0.416 e. The van der Waals surface area contributed by atoms with Gasteiger partial charge in [0.25, 0.3) is 11.6 Å². The Hall–Kier alpha value is -3.89. The van der Waals surface area contributed by atoms with Gasteiger partial charge in [0.15, 0.2) is 6.04 Å². The predicted molar refractivity (Wildman–Crippen MR) is 114 cm³/mol. The quantitative estimate of drug-likeness (QED) is 0.429. The fourth-order valence-corrected chi connectivity index (χ4v) is 3.93. The van der Waals surface area contributed by atoms with Crippen LogP contribution in [0.25, 0.3) is 0 Å². The van der Waals surface area contributed by atoms with Crippen molar-refractivity contribution < 1.29 is 22.9 Å². The number of hydrogen-bond donors (Lipinski definition) is 0. The van der Waals surface area contributed by atoms with Crippen molar-refractivity contribution in [3.8, 4) is 0 Å². The molecule has 1 amide bonds. The highest BCUT2D eigenvalue weighted by molar-refractivity contribution is 5.84. The average molecular weight is 459 g/mol. The topological polar surface area (TPSA) is 84.5 Å². The van der Waals surface area contributed by atoms with Crippen molar-refractivity contribution in [1.29, 1.82) is 0 Å². The summed E-state index contributed by atoms with van der Waals surface area (Å²) in [4.78, 5) is 27.3. The minimum Gasteiger partial charge on any atom is -0.362 e. The van der Waals surface area contributed by atoms with E-state index in [1.165, 1.54) is 0 Å². The van der Waals surface area contributed by atoms with E-state index in [4.69, 9.17) is 0 Å². The first-order chi connectivity index (χ1) is 15.8. The van der Waals surface area contributed by atoms with Gasteiger partial charge in [0.2, 0.25) is 0 Å². The summed E-state index contributed by atoms with van der Waals surface area (Å²) >= 11 is 0. The number of hydrogen-bond acceptors (Lipinski definition) is 5. The molecule has 8 nitrogen and oxygen atoms in total. The fraction of sp³-hybridized carbons (Fsp3) is 0.273. The van der Waals surface area contributed by atoms with E-state index in [0.29, 0.717) is 6.07 Å². The van der Waals surface area contributed by atoms with Crippen LogP contribution in [0.4, 0.5) is 24.5 Å². The van der Waals surface area contributed by atoms with Crippen LogP contribution in [-0.2, 0) is 11.0 Å². The number of carbonyl (C=O) groups is 1. The molecule has 1 aliphatic rings. The maximum Gasteiger partial charge on any atom is 0.416 e. The molecule has 0 spiro atoms. The second kappa shape index (κ2) is 8.93. The Morgan fingerprint density at radius 2 is 1.73 bits per heavy atom. The van der Waals surface area contributed by atoms with E-state index >= 15 is 0 Å². The summed E-state index contributed by atoms with van der Waals surface area (Å²) in [5.41, 5.74) is -0.807. The van der Waals surface area contributed by atoms with Crippen molar-refractivity contribution >= 4 is 17.3 Å². The van der Waals surface area contributed by atoms with Crippen molar-refractivity contribution in [3.05, 3.63) is 88.2 Å². The first-order valence-corrected chi connectivity index (χ1v) is 10.2. The van der Waals surface area contributed by atoms with Gasteiger partial charge < -0.3 is 9.80 Å². The maximum atomic E-state index is 13.4. The summed E-state index contributed by atoms with van der Waals surface area (Å²) in [7, 11) is 0. The third-order valence-corrected chi connectivity index (χ3v) is 5.57. The number of rotatable bonds is 5. The third-order valence-electron chi connectivity index (χ3n) is 5.57. The lowest BCUT2D eigenvalue weighted by molar-refractivity contribution is -0.384. The molecule has 0 saturated carbocycles. The Bertz CT molecular complexity index is 1130. The molecule has 0 N–H and O–H groups in total. The highest BCUT2D eigenvalue weighted by atomic mass is 19.4. The second-order valence-electron chi connectivity index (χ2n) is 7.57. The van der Waals surface area contributed by atoms with Gasteiger partial charge in [-0.1, -0.05) is 30.3 Å². The van der Waals surface area contributed by atoms with Crippen LogP contribution in [-0.4, -0.2) is 51.7 Å². The number of halogens is 3. The van der Waals surface area contributed by atoms with E-state index in [2.05, 4.69) is 5.10 Å². The van der Waals surface area contributed by atoms with Crippen LogP contribution in [0.15, 0.2) is 67.0 Å². The molecule has 3 aromatic rings. The van der Waals surface area contributed by atoms with Gasteiger partial charge in [0.1, 0.15) is 5.69 Å². The molecule has 1 unspecified atom stereocenters. The molecule has 11 heteroatoms. The normalized spacial score (nSPS) is 15.4. The maximum absolute atomic E-state index is 13.4. The Morgan fingerprint density at radius 1 is 1.03 bits per heavy atom. The molecule has 0 radical (unpaired) electrons. The summed E-state index contributed by atoms with van der Waals surface area (Å²) in [6.45, 7) is 1.03. The second-order valence-corrected chi connectivity index (χ2v) is 7.57. The number of piperazine rings is 1. The number of nitro groups is 1. The Labute approximate surface area is 187 Å². The Balaban J connectivity index is 1.53. The van der Waals surface area contributed by atoms with Crippen molar-refractivity contribution in [1.82, 2.24) is 14.7 Å². The molecule has 0 aliphatic carbocycles. The van der Waals surface area contributed by atoms with Gasteiger partial charge in [-0.05, 0) is 23.8 Å². The van der Waals surface area contributed by atoms with Gasteiger partial charge in [-0.3, -0.25) is 19.6 Å². The van der Waals surface area contributed by atoms with Gasteiger partial charge in [-0.15, -0.1) is 0 Å². The summed E-state index contributed by atoms with van der Waals surface area (Å²) in [6.07, 6.45) is -1.38. The molecule has 1 saturated heterocycles. The Kier molecular flexibility index (Phi) is 6.03. The molecular weight excluding hydrogens is 439 g/mol. The summed E-state index contributed by atoms with van der Waals surface area (Å²) < 4.78 is 40.5. The number of anilines is 1. The minimum absolute atomic E-state index is 0.104. The average Bonchev–Trinajstić information content (AvgIpc) is 3.33. The van der Waals surface area contributed by atoms with Crippen molar-refractivity contribution in [2.75, 3.05) is 31.1 Å². The zero-order valence-electron chi connectivity index (χ0n) is 17.4. The first-order valence-electron chi connectivity index (χ1n) is 10.2. The van der Waals surface area contributed by atoms with Gasteiger partial charge in [0, 0.05) is 44.6 Å². The van der Waals surface area contributed by atoms with E-state index in [-0.39, 0.29) is 37.8 Å². The molecule has 1 atom stereocenters. The standard InChI is InChI=1S/C22H20F3N5O3/c23-22(24,25)17-7-8-18(19(15-17)30(32)33)27-11-13-28(14-12-27)21(31)20(29-10-4-9-26-29)16-5-2-1-3-6-16/h1-10,15,20H,11-14H2. The van der Waals surface area contributed by atoms with Crippen molar-refractivity contribution in [2.45, 2.75) is 12.2 Å². The van der Waals surface area contributed by atoms with Crippen LogP contribution >= 0.6 is 0 Å². The fourth-order valence-electron chi connectivity index (χ4n) is 3.93. The number of benzene rings is 2. The molecular formula is C22H20F3N5O3. The molecule has 1 fully saturated rings. The van der Waals surface area contributed by atoms with Gasteiger partial charge >= 0.3 is 6.18 Å². The molecule has 1 aliphatic heterocycles. The van der Waals surface area contributed by atoms with E-state index < -0.39 is 28.4 Å². The van der Waals surface area contributed by atoms with Crippen LogP contribution < -0.4 is 4.90 Å². The number of carbonyl (C=O) groups excluding carboxylic acids is 1. The number of alkyl halides is 3. The molecule has 172 valence electrons. The zero-order valence-corrected chi connectivity index (χ0v) is 17.4. The molecule has 4 rings (SSSR count). The van der Waals surface area contributed by atoms with Crippen LogP contribution in [0.2, 0.25) is 0 Å². The molecule has 0 bridgehead atoms. The minimum atomic E-state index is -4.67. The van der Waals surface area contributed by atoms with Crippen molar-refractivity contribution in [2.24, 2.45) is 0 Å². The zero-order chi connectivity index (χ0) is 23.6. The summed E-state index contributed by atoms with van der Waals surface area (Å²) in [5.74, 6) is -0.175. The van der Waals surface area contributed by atoms with Gasteiger partial charge in [-0.25, -0.2) is 0 Å². The molecule has 33 heavy (non-hydrogen) atoms. The smallest absolute Gasteiger partial charge is 0.362 e. The van der Waals surface area contributed by atoms with Crippen molar-refractivity contribution in [3.63, 3.8) is 0 Å². The summed E-state index contributed by atoms with van der Waals surface area (Å²) in [6, 6.07) is 12.8. The van der Waals surface area contributed by atoms with Gasteiger partial charge in [-0.2, -0.15) is 18.3 Å². The lowest BCUT2D eigenvalue weighted by atomic mass is 10.1. The monoisotopic (exact) mass is 459 g/mol.